The average Bonchev–Trinajstić information content (AvgIpc) is 2.08. The predicted molar refractivity (Wildman–Crippen MR) is 65.8 cm³/mol. The molecule has 0 spiro atoms. The van der Waals surface area contributed by atoms with Gasteiger partial charge in [-0.1, -0.05) is 13.3 Å². The summed E-state index contributed by atoms with van der Waals surface area (Å²) in [5, 5.41) is 2.66. The zero-order chi connectivity index (χ0) is 13.1. The summed E-state index contributed by atoms with van der Waals surface area (Å²) in [6, 6.07) is -0.393. The number of Topliss-reactive ketones (excluding diaryl/α,β-unsaturated/α-hetero) is 1. The maximum atomic E-state index is 12.0. The molecule has 1 fully saturated rings. The zero-order valence-corrected chi connectivity index (χ0v) is 11.2. The van der Waals surface area contributed by atoms with Crippen molar-refractivity contribution in [3.05, 3.63) is 0 Å². The van der Waals surface area contributed by atoms with Gasteiger partial charge in [-0.2, -0.15) is 0 Å². The van der Waals surface area contributed by atoms with Crippen LogP contribution in [0.3, 0.4) is 0 Å². The van der Waals surface area contributed by atoms with Crippen molar-refractivity contribution < 1.29 is 14.3 Å². The van der Waals surface area contributed by atoms with E-state index in [1.165, 1.54) is 0 Å². The Morgan fingerprint density at radius 2 is 1.94 bits per heavy atom. The Hall–Kier alpha value is -1.06. The monoisotopic (exact) mass is 241 g/mol. The first-order chi connectivity index (χ1) is 7.83. The molecule has 0 aliphatic heterocycles. The first-order valence-electron chi connectivity index (χ1n) is 6.36. The van der Waals surface area contributed by atoms with Gasteiger partial charge in [0.05, 0.1) is 6.04 Å². The highest BCUT2D eigenvalue weighted by Gasteiger charge is 2.31. The van der Waals surface area contributed by atoms with Gasteiger partial charge >= 0.3 is 6.09 Å². The summed E-state index contributed by atoms with van der Waals surface area (Å²) in [5.41, 5.74) is -0.526. The maximum absolute atomic E-state index is 12.0. The van der Waals surface area contributed by atoms with E-state index in [1.54, 1.807) is 20.8 Å². The summed E-state index contributed by atoms with van der Waals surface area (Å²) in [4.78, 5) is 23.6. The number of carbonyl (C=O) groups is 2. The molecule has 4 nitrogen and oxygen atoms in total. The lowest BCUT2D eigenvalue weighted by Crippen LogP contribution is -2.46. The van der Waals surface area contributed by atoms with Crippen LogP contribution >= 0.6 is 0 Å². The molecule has 1 atom stereocenters. The van der Waals surface area contributed by atoms with Crippen LogP contribution < -0.4 is 5.32 Å². The lowest BCUT2D eigenvalue weighted by molar-refractivity contribution is -0.127. The van der Waals surface area contributed by atoms with E-state index >= 15 is 0 Å². The molecule has 1 N–H and O–H groups in total. The minimum atomic E-state index is -0.526. The molecule has 0 aromatic carbocycles. The van der Waals surface area contributed by atoms with Gasteiger partial charge in [0, 0.05) is 5.92 Å². The van der Waals surface area contributed by atoms with E-state index in [9.17, 15) is 9.59 Å². The van der Waals surface area contributed by atoms with E-state index in [0.29, 0.717) is 6.42 Å². The summed E-state index contributed by atoms with van der Waals surface area (Å²) in [6.07, 6.45) is 3.17. The number of hydrogen-bond donors (Lipinski definition) is 1. The lowest BCUT2D eigenvalue weighted by Gasteiger charge is -2.29. The van der Waals surface area contributed by atoms with Crippen LogP contribution in [0, 0.1) is 5.92 Å². The van der Waals surface area contributed by atoms with Crippen LogP contribution in [0.2, 0.25) is 0 Å². The Balaban J connectivity index is 2.45. The topological polar surface area (TPSA) is 55.4 Å². The van der Waals surface area contributed by atoms with Gasteiger partial charge in [0.15, 0.2) is 5.78 Å². The largest absolute Gasteiger partial charge is 0.444 e. The standard InChI is InChI=1S/C13H23NO3/c1-5-10(11(15)9-7-6-8-9)14-12(16)17-13(2,3)4/h9-10H,5-8H2,1-4H3,(H,14,16). The summed E-state index contributed by atoms with van der Waals surface area (Å²) in [7, 11) is 0. The van der Waals surface area contributed by atoms with Gasteiger partial charge in [-0.05, 0) is 40.0 Å². The van der Waals surface area contributed by atoms with Crippen LogP contribution in [0.5, 0.6) is 0 Å². The van der Waals surface area contributed by atoms with E-state index < -0.39 is 17.7 Å². The molecule has 17 heavy (non-hydrogen) atoms. The number of ether oxygens (including phenoxy) is 1. The normalized spacial score (nSPS) is 18.1. The van der Waals surface area contributed by atoms with Gasteiger partial charge in [-0.3, -0.25) is 4.79 Å². The molecule has 0 aromatic rings. The van der Waals surface area contributed by atoms with Gasteiger partial charge in [0.2, 0.25) is 0 Å². The number of rotatable bonds is 4. The van der Waals surface area contributed by atoms with Crippen molar-refractivity contribution in [1.29, 1.82) is 0 Å². The molecule has 1 aliphatic rings. The SMILES string of the molecule is CCC(NC(=O)OC(C)(C)C)C(=O)C1CCC1. The first kappa shape index (κ1) is 14.0. The van der Waals surface area contributed by atoms with Gasteiger partial charge in [0.25, 0.3) is 0 Å². The van der Waals surface area contributed by atoms with Crippen molar-refractivity contribution in [1.82, 2.24) is 5.32 Å². The number of ketones is 1. The molecule has 0 aromatic heterocycles. The fraction of sp³-hybridized carbons (Fsp3) is 0.846. The van der Waals surface area contributed by atoms with Crippen LogP contribution in [-0.2, 0) is 9.53 Å². The molecule has 0 heterocycles. The van der Waals surface area contributed by atoms with Gasteiger partial charge in [-0.15, -0.1) is 0 Å². The van der Waals surface area contributed by atoms with Crippen LogP contribution in [0.1, 0.15) is 53.4 Å². The molecule has 1 unspecified atom stereocenters. The molecule has 4 heteroatoms. The van der Waals surface area contributed by atoms with Crippen LogP contribution in [0.15, 0.2) is 0 Å². The van der Waals surface area contributed by atoms with E-state index in [-0.39, 0.29) is 11.7 Å². The van der Waals surface area contributed by atoms with E-state index in [2.05, 4.69) is 5.32 Å². The molecular weight excluding hydrogens is 218 g/mol. The Labute approximate surface area is 103 Å². The lowest BCUT2D eigenvalue weighted by atomic mass is 9.79. The summed E-state index contributed by atoms with van der Waals surface area (Å²) in [6.45, 7) is 7.32. The fourth-order valence-electron chi connectivity index (χ4n) is 1.80. The molecule has 1 saturated carbocycles. The Kier molecular flexibility index (Phi) is 4.54. The average molecular weight is 241 g/mol. The second kappa shape index (κ2) is 5.52. The molecule has 0 radical (unpaired) electrons. The minimum Gasteiger partial charge on any atom is -0.444 e. The number of nitrogens with one attached hydrogen (secondary N) is 1. The third kappa shape index (κ3) is 4.36. The maximum Gasteiger partial charge on any atom is 0.408 e. The smallest absolute Gasteiger partial charge is 0.408 e. The molecule has 1 amide bonds. The highest BCUT2D eigenvalue weighted by atomic mass is 16.6. The van der Waals surface area contributed by atoms with Crippen LogP contribution in [0.4, 0.5) is 4.79 Å². The van der Waals surface area contributed by atoms with Crippen molar-refractivity contribution in [2.45, 2.75) is 65.0 Å². The molecule has 1 rings (SSSR count). The third-order valence-corrected chi connectivity index (χ3v) is 2.95. The highest BCUT2D eigenvalue weighted by molar-refractivity contribution is 5.89. The van der Waals surface area contributed by atoms with Crippen molar-refractivity contribution in [2.24, 2.45) is 5.92 Å². The fourth-order valence-corrected chi connectivity index (χ4v) is 1.80. The van der Waals surface area contributed by atoms with Crippen molar-refractivity contribution in [3.63, 3.8) is 0 Å². The van der Waals surface area contributed by atoms with Crippen molar-refractivity contribution in [2.75, 3.05) is 0 Å². The van der Waals surface area contributed by atoms with E-state index in [0.717, 1.165) is 19.3 Å². The molecule has 0 saturated heterocycles. The summed E-state index contributed by atoms with van der Waals surface area (Å²) in [5.74, 6) is 0.305. The van der Waals surface area contributed by atoms with Gasteiger partial charge < -0.3 is 10.1 Å². The van der Waals surface area contributed by atoms with Crippen molar-refractivity contribution >= 4 is 11.9 Å². The van der Waals surface area contributed by atoms with E-state index in [1.807, 2.05) is 6.92 Å². The van der Waals surface area contributed by atoms with E-state index in [4.69, 9.17) is 4.74 Å². The Morgan fingerprint density at radius 1 is 1.35 bits per heavy atom. The predicted octanol–water partition coefficient (Wildman–Crippen LogP) is 2.66. The second-order valence-electron chi connectivity index (χ2n) is 5.64. The Morgan fingerprint density at radius 3 is 2.29 bits per heavy atom. The quantitative estimate of drug-likeness (QED) is 0.823. The zero-order valence-electron chi connectivity index (χ0n) is 11.2. The van der Waals surface area contributed by atoms with Crippen molar-refractivity contribution in [3.8, 4) is 0 Å². The van der Waals surface area contributed by atoms with Crippen LogP contribution in [-0.4, -0.2) is 23.5 Å². The molecule has 1 aliphatic carbocycles. The first-order valence-corrected chi connectivity index (χ1v) is 6.36. The van der Waals surface area contributed by atoms with Crippen LogP contribution in [0.25, 0.3) is 0 Å². The number of hydrogen-bond acceptors (Lipinski definition) is 3. The summed E-state index contributed by atoms with van der Waals surface area (Å²) < 4.78 is 5.15. The minimum absolute atomic E-state index is 0.148. The highest BCUT2D eigenvalue weighted by Crippen LogP contribution is 2.28. The third-order valence-electron chi connectivity index (χ3n) is 2.95. The molecule has 98 valence electrons. The molecule has 0 bridgehead atoms. The Bertz CT molecular complexity index is 290. The number of alkyl carbamates (subject to hydrolysis) is 1. The molecular formula is C13H23NO3. The second-order valence-corrected chi connectivity index (χ2v) is 5.64. The summed E-state index contributed by atoms with van der Waals surface area (Å²) >= 11 is 0. The van der Waals surface area contributed by atoms with Gasteiger partial charge in [-0.25, -0.2) is 4.79 Å². The number of carbonyl (C=O) groups excluding carboxylic acids is 2. The van der Waals surface area contributed by atoms with Gasteiger partial charge in [0.1, 0.15) is 5.60 Å². The number of amides is 1.